The van der Waals surface area contributed by atoms with Crippen LogP contribution in [0.25, 0.3) is 0 Å². The van der Waals surface area contributed by atoms with Crippen LogP contribution >= 0.6 is 0 Å². The number of nitrogens with zero attached hydrogens (tertiary/aromatic N) is 1. The minimum Gasteiger partial charge on any atom is -0.330 e. The van der Waals surface area contributed by atoms with E-state index in [9.17, 15) is 0 Å². The van der Waals surface area contributed by atoms with Gasteiger partial charge in [-0.2, -0.15) is 0 Å². The molecule has 0 bridgehead atoms. The van der Waals surface area contributed by atoms with Gasteiger partial charge in [-0.25, -0.2) is 0 Å². The van der Waals surface area contributed by atoms with Gasteiger partial charge in [0.25, 0.3) is 0 Å². The number of likely N-dealkylation sites (tertiary alicyclic amines) is 1. The van der Waals surface area contributed by atoms with Crippen LogP contribution in [0.1, 0.15) is 56.6 Å². The molecule has 1 aliphatic heterocycles. The van der Waals surface area contributed by atoms with Crippen LogP contribution in [-0.2, 0) is 0 Å². The largest absolute Gasteiger partial charge is 0.330 e. The molecule has 0 spiro atoms. The maximum Gasteiger partial charge on any atom is 0.0363 e. The fourth-order valence-electron chi connectivity index (χ4n) is 4.41. The minimum atomic E-state index is 0.536. The van der Waals surface area contributed by atoms with E-state index in [-0.39, 0.29) is 0 Å². The number of nitrogens with two attached hydrogens (primary N) is 1. The molecule has 0 amide bonds. The van der Waals surface area contributed by atoms with Gasteiger partial charge in [-0.1, -0.05) is 43.2 Å². The van der Waals surface area contributed by atoms with Crippen LogP contribution in [0.2, 0.25) is 0 Å². The second-order valence-electron chi connectivity index (χ2n) is 6.50. The molecule has 110 valence electrons. The zero-order valence-electron chi connectivity index (χ0n) is 12.5. The first-order valence-corrected chi connectivity index (χ1v) is 8.41. The third-order valence-electron chi connectivity index (χ3n) is 5.31. The molecule has 2 N–H and O–H groups in total. The van der Waals surface area contributed by atoms with E-state index in [1.807, 2.05) is 0 Å². The lowest BCUT2D eigenvalue weighted by atomic mass is 9.93. The highest BCUT2D eigenvalue weighted by molar-refractivity contribution is 5.20. The quantitative estimate of drug-likeness (QED) is 0.885. The summed E-state index contributed by atoms with van der Waals surface area (Å²) in [5, 5.41) is 0. The average Bonchev–Trinajstić information content (AvgIpc) is 3.16. The summed E-state index contributed by atoms with van der Waals surface area (Å²) in [4.78, 5) is 2.79. The lowest BCUT2D eigenvalue weighted by Crippen LogP contribution is -2.38. The fraction of sp³-hybridized carbons (Fsp3) is 0.667. The van der Waals surface area contributed by atoms with E-state index in [2.05, 4.69) is 35.2 Å². The van der Waals surface area contributed by atoms with E-state index < -0.39 is 0 Å². The van der Waals surface area contributed by atoms with Crippen LogP contribution in [-0.4, -0.2) is 24.0 Å². The Balaban J connectivity index is 1.79. The summed E-state index contributed by atoms with van der Waals surface area (Å²) < 4.78 is 0. The molecule has 2 fully saturated rings. The zero-order chi connectivity index (χ0) is 13.8. The number of hydrogen-bond acceptors (Lipinski definition) is 2. The third-order valence-corrected chi connectivity index (χ3v) is 5.31. The molecule has 1 aliphatic carbocycles. The molecule has 20 heavy (non-hydrogen) atoms. The van der Waals surface area contributed by atoms with Crippen LogP contribution in [0.3, 0.4) is 0 Å². The Morgan fingerprint density at radius 2 is 1.80 bits per heavy atom. The first-order valence-electron chi connectivity index (χ1n) is 8.41. The van der Waals surface area contributed by atoms with Crippen LogP contribution in [0.4, 0.5) is 0 Å². The summed E-state index contributed by atoms with van der Waals surface area (Å²) in [5.41, 5.74) is 7.37. The van der Waals surface area contributed by atoms with Gasteiger partial charge in [-0.05, 0) is 56.7 Å². The van der Waals surface area contributed by atoms with Gasteiger partial charge in [0.2, 0.25) is 0 Å². The number of rotatable bonds is 5. The van der Waals surface area contributed by atoms with Crippen molar-refractivity contribution in [2.45, 2.75) is 57.0 Å². The van der Waals surface area contributed by atoms with Gasteiger partial charge >= 0.3 is 0 Å². The molecule has 0 aromatic heterocycles. The molecule has 1 heterocycles. The molecule has 3 rings (SSSR count). The predicted molar refractivity (Wildman–Crippen MR) is 84.5 cm³/mol. The molecule has 1 aromatic rings. The summed E-state index contributed by atoms with van der Waals surface area (Å²) in [7, 11) is 0. The minimum absolute atomic E-state index is 0.536. The van der Waals surface area contributed by atoms with E-state index in [4.69, 9.17) is 5.73 Å². The predicted octanol–water partition coefficient (Wildman–Crippen LogP) is 3.73. The highest BCUT2D eigenvalue weighted by atomic mass is 15.2. The second-order valence-corrected chi connectivity index (χ2v) is 6.50. The maximum absolute atomic E-state index is 5.91. The Morgan fingerprint density at radius 1 is 1.05 bits per heavy atom. The summed E-state index contributed by atoms with van der Waals surface area (Å²) in [6.45, 7) is 2.05. The van der Waals surface area contributed by atoms with E-state index in [1.54, 1.807) is 0 Å². The Kier molecular flexibility index (Phi) is 4.74. The van der Waals surface area contributed by atoms with Crippen molar-refractivity contribution < 1.29 is 0 Å². The third kappa shape index (κ3) is 2.91. The van der Waals surface area contributed by atoms with E-state index in [0.29, 0.717) is 6.04 Å². The summed E-state index contributed by atoms with van der Waals surface area (Å²) in [6.07, 6.45) is 9.65. The van der Waals surface area contributed by atoms with Crippen molar-refractivity contribution in [3.63, 3.8) is 0 Å². The highest BCUT2D eigenvalue weighted by Crippen LogP contribution is 2.40. The average molecular weight is 272 g/mol. The smallest absolute Gasteiger partial charge is 0.0363 e. The molecule has 0 radical (unpaired) electrons. The topological polar surface area (TPSA) is 29.3 Å². The second kappa shape index (κ2) is 6.73. The van der Waals surface area contributed by atoms with Gasteiger partial charge in [0, 0.05) is 12.1 Å². The van der Waals surface area contributed by atoms with Crippen molar-refractivity contribution in [3.8, 4) is 0 Å². The van der Waals surface area contributed by atoms with Gasteiger partial charge in [0.1, 0.15) is 0 Å². The Labute approximate surface area is 123 Å². The lowest BCUT2D eigenvalue weighted by Gasteiger charge is -2.36. The Hall–Kier alpha value is -0.860. The number of hydrogen-bond donors (Lipinski definition) is 1. The van der Waals surface area contributed by atoms with Crippen molar-refractivity contribution in [1.29, 1.82) is 0 Å². The van der Waals surface area contributed by atoms with E-state index in [1.165, 1.54) is 50.6 Å². The van der Waals surface area contributed by atoms with Crippen molar-refractivity contribution in [3.05, 3.63) is 35.9 Å². The summed E-state index contributed by atoms with van der Waals surface area (Å²) in [6, 6.07) is 12.4. The van der Waals surface area contributed by atoms with Crippen molar-refractivity contribution in [2.75, 3.05) is 13.1 Å². The number of benzene rings is 1. The first-order chi connectivity index (χ1) is 9.90. The molecule has 2 aliphatic rings. The highest BCUT2D eigenvalue weighted by Gasteiger charge is 2.36. The van der Waals surface area contributed by atoms with Gasteiger partial charge < -0.3 is 5.73 Å². The van der Waals surface area contributed by atoms with Crippen LogP contribution in [0.5, 0.6) is 0 Å². The van der Waals surface area contributed by atoms with Crippen LogP contribution in [0.15, 0.2) is 30.3 Å². The normalized spacial score (nSPS) is 26.1. The standard InChI is InChI=1S/C18H28N2/c19-13-12-18(16-7-2-1-3-8-16)20-14-6-11-17(20)15-9-4-5-10-15/h1-3,7-8,15,17-18H,4-6,9-14,19H2. The van der Waals surface area contributed by atoms with Crippen LogP contribution in [0, 0.1) is 5.92 Å². The van der Waals surface area contributed by atoms with E-state index >= 15 is 0 Å². The summed E-state index contributed by atoms with van der Waals surface area (Å²) in [5.74, 6) is 0.946. The van der Waals surface area contributed by atoms with Crippen LogP contribution < -0.4 is 5.73 Å². The lowest BCUT2D eigenvalue weighted by molar-refractivity contribution is 0.129. The van der Waals surface area contributed by atoms with E-state index in [0.717, 1.165) is 24.9 Å². The molecule has 2 heteroatoms. The van der Waals surface area contributed by atoms with Crippen molar-refractivity contribution in [2.24, 2.45) is 11.7 Å². The molecule has 2 unspecified atom stereocenters. The maximum atomic E-state index is 5.91. The zero-order valence-corrected chi connectivity index (χ0v) is 12.5. The van der Waals surface area contributed by atoms with Gasteiger partial charge in [-0.15, -0.1) is 0 Å². The first kappa shape index (κ1) is 14.1. The molecule has 1 aromatic carbocycles. The van der Waals surface area contributed by atoms with Gasteiger partial charge in [0.15, 0.2) is 0 Å². The molecular formula is C18H28N2. The van der Waals surface area contributed by atoms with Crippen molar-refractivity contribution in [1.82, 2.24) is 4.90 Å². The summed E-state index contributed by atoms with van der Waals surface area (Å²) >= 11 is 0. The molecule has 1 saturated carbocycles. The molecular weight excluding hydrogens is 244 g/mol. The monoisotopic (exact) mass is 272 g/mol. The van der Waals surface area contributed by atoms with Crippen molar-refractivity contribution >= 4 is 0 Å². The van der Waals surface area contributed by atoms with Gasteiger partial charge in [0.05, 0.1) is 0 Å². The molecule has 2 nitrogen and oxygen atoms in total. The fourth-order valence-corrected chi connectivity index (χ4v) is 4.41. The Morgan fingerprint density at radius 3 is 2.50 bits per heavy atom. The SMILES string of the molecule is NCCC(c1ccccc1)N1CCCC1C1CCCC1. The van der Waals surface area contributed by atoms with Gasteiger partial charge in [-0.3, -0.25) is 4.90 Å². The molecule has 1 saturated heterocycles. The Bertz CT molecular complexity index is 397. The molecule has 2 atom stereocenters.